The average molecular weight is 327 g/mol. The van der Waals surface area contributed by atoms with Gasteiger partial charge in [-0.15, -0.1) is 0 Å². The minimum absolute atomic E-state index is 0.0698. The van der Waals surface area contributed by atoms with E-state index >= 15 is 0 Å². The van der Waals surface area contributed by atoms with E-state index in [1.54, 1.807) is 6.07 Å². The first-order chi connectivity index (χ1) is 9.79. The Kier molecular flexibility index (Phi) is 4.15. The Labute approximate surface area is 126 Å². The second kappa shape index (κ2) is 5.71. The van der Waals surface area contributed by atoms with Crippen molar-refractivity contribution in [2.75, 3.05) is 4.72 Å². The van der Waals surface area contributed by atoms with E-state index in [-0.39, 0.29) is 21.3 Å². The van der Waals surface area contributed by atoms with Crippen LogP contribution in [0.4, 0.5) is 5.82 Å². The van der Waals surface area contributed by atoms with Gasteiger partial charge in [0.2, 0.25) is 0 Å². The molecule has 1 aromatic carbocycles. The fraction of sp³-hybridized carbons (Fsp3) is 0.0769. The minimum Gasteiger partial charge on any atom is -0.478 e. The zero-order valence-electron chi connectivity index (χ0n) is 10.9. The summed E-state index contributed by atoms with van der Waals surface area (Å²) in [5.74, 6) is -1.12. The second-order valence-electron chi connectivity index (χ2n) is 4.28. The number of benzene rings is 1. The maximum Gasteiger partial charge on any atom is 0.335 e. The summed E-state index contributed by atoms with van der Waals surface area (Å²) >= 11 is 5.84. The zero-order chi connectivity index (χ0) is 15.6. The van der Waals surface area contributed by atoms with Crippen molar-refractivity contribution in [3.63, 3.8) is 0 Å². The molecule has 0 radical (unpaired) electrons. The van der Waals surface area contributed by atoms with Gasteiger partial charge in [-0.05, 0) is 36.8 Å². The van der Waals surface area contributed by atoms with Gasteiger partial charge in [0, 0.05) is 6.20 Å². The lowest BCUT2D eigenvalue weighted by molar-refractivity contribution is 0.0696. The Morgan fingerprint density at radius 2 is 2.00 bits per heavy atom. The van der Waals surface area contributed by atoms with Gasteiger partial charge in [0.15, 0.2) is 0 Å². The van der Waals surface area contributed by atoms with Crippen LogP contribution in [0.5, 0.6) is 0 Å². The van der Waals surface area contributed by atoms with Crippen LogP contribution in [0.15, 0.2) is 41.4 Å². The predicted molar refractivity (Wildman–Crippen MR) is 78.2 cm³/mol. The molecule has 2 N–H and O–H groups in total. The highest BCUT2D eigenvalue weighted by atomic mass is 35.5. The van der Waals surface area contributed by atoms with E-state index in [9.17, 15) is 13.2 Å². The molecule has 2 rings (SSSR count). The standard InChI is InChI=1S/C13H11ClN2O4S/c1-8-2-5-12(15-7-8)16-21(19,20)11-6-9(13(17)18)3-4-10(11)14/h2-7H,1H3,(H,15,16)(H,17,18). The molecule has 1 heterocycles. The molecular weight excluding hydrogens is 316 g/mol. The van der Waals surface area contributed by atoms with Crippen LogP contribution in [0.25, 0.3) is 0 Å². The topological polar surface area (TPSA) is 96.4 Å². The van der Waals surface area contributed by atoms with Crippen LogP contribution < -0.4 is 4.72 Å². The highest BCUT2D eigenvalue weighted by molar-refractivity contribution is 7.92. The molecule has 21 heavy (non-hydrogen) atoms. The molecule has 1 aromatic heterocycles. The third kappa shape index (κ3) is 3.50. The van der Waals surface area contributed by atoms with Gasteiger partial charge in [0.05, 0.1) is 10.6 Å². The third-order valence-electron chi connectivity index (χ3n) is 2.62. The average Bonchev–Trinajstić information content (AvgIpc) is 2.41. The van der Waals surface area contributed by atoms with Gasteiger partial charge < -0.3 is 5.11 Å². The summed E-state index contributed by atoms with van der Waals surface area (Å²) in [6.45, 7) is 1.82. The zero-order valence-corrected chi connectivity index (χ0v) is 12.4. The molecule has 8 heteroatoms. The number of rotatable bonds is 4. The van der Waals surface area contributed by atoms with Gasteiger partial charge in [-0.2, -0.15) is 0 Å². The van der Waals surface area contributed by atoms with Crippen LogP contribution in [0.2, 0.25) is 5.02 Å². The number of carboxylic acid groups (broad SMARTS) is 1. The van der Waals surface area contributed by atoms with Gasteiger partial charge >= 0.3 is 5.97 Å². The van der Waals surface area contributed by atoms with Crippen molar-refractivity contribution in [3.05, 3.63) is 52.7 Å². The first kappa shape index (κ1) is 15.3. The number of pyridine rings is 1. The lowest BCUT2D eigenvalue weighted by Crippen LogP contribution is -2.15. The molecule has 0 fully saturated rings. The van der Waals surface area contributed by atoms with Gasteiger partial charge in [-0.25, -0.2) is 18.2 Å². The molecule has 0 saturated heterocycles. The van der Waals surface area contributed by atoms with Crippen molar-refractivity contribution in [1.82, 2.24) is 4.98 Å². The SMILES string of the molecule is Cc1ccc(NS(=O)(=O)c2cc(C(=O)O)ccc2Cl)nc1. The molecule has 0 aliphatic heterocycles. The van der Waals surface area contributed by atoms with Crippen molar-refractivity contribution < 1.29 is 18.3 Å². The first-order valence-electron chi connectivity index (χ1n) is 5.78. The number of hydrogen-bond acceptors (Lipinski definition) is 4. The van der Waals surface area contributed by atoms with Crippen molar-refractivity contribution in [1.29, 1.82) is 0 Å². The van der Waals surface area contributed by atoms with Gasteiger partial charge in [-0.3, -0.25) is 4.72 Å². The minimum atomic E-state index is -4.02. The van der Waals surface area contributed by atoms with E-state index in [2.05, 4.69) is 9.71 Å². The Hall–Kier alpha value is -2.12. The number of carbonyl (C=O) groups is 1. The largest absolute Gasteiger partial charge is 0.478 e. The van der Waals surface area contributed by atoms with E-state index in [1.807, 2.05) is 6.92 Å². The number of aryl methyl sites for hydroxylation is 1. The molecule has 0 saturated carbocycles. The molecule has 0 aliphatic rings. The molecule has 0 aliphatic carbocycles. The quantitative estimate of drug-likeness (QED) is 0.900. The molecule has 0 amide bonds. The number of anilines is 1. The number of aromatic carboxylic acids is 1. The fourth-order valence-electron chi connectivity index (χ4n) is 1.56. The van der Waals surface area contributed by atoms with Crippen LogP contribution in [0.3, 0.4) is 0 Å². The van der Waals surface area contributed by atoms with E-state index in [0.29, 0.717) is 0 Å². The Morgan fingerprint density at radius 1 is 1.29 bits per heavy atom. The summed E-state index contributed by atoms with van der Waals surface area (Å²) in [6.07, 6.45) is 1.51. The highest BCUT2D eigenvalue weighted by Crippen LogP contribution is 2.24. The molecule has 0 bridgehead atoms. The molecule has 0 atom stereocenters. The molecule has 6 nitrogen and oxygen atoms in total. The van der Waals surface area contributed by atoms with Crippen LogP contribution in [0.1, 0.15) is 15.9 Å². The molecule has 110 valence electrons. The first-order valence-corrected chi connectivity index (χ1v) is 7.64. The summed E-state index contributed by atoms with van der Waals surface area (Å²) in [4.78, 5) is 14.5. The molecular formula is C13H11ClN2O4S. The number of halogens is 1. The smallest absolute Gasteiger partial charge is 0.335 e. The van der Waals surface area contributed by atoms with Crippen LogP contribution in [-0.2, 0) is 10.0 Å². The summed E-state index contributed by atoms with van der Waals surface area (Å²) < 4.78 is 26.8. The Balaban J connectivity index is 2.41. The maximum atomic E-state index is 12.3. The fourth-order valence-corrected chi connectivity index (χ4v) is 3.10. The number of hydrogen-bond donors (Lipinski definition) is 2. The van der Waals surface area contributed by atoms with Crippen molar-refractivity contribution in [3.8, 4) is 0 Å². The number of nitrogens with zero attached hydrogens (tertiary/aromatic N) is 1. The lowest BCUT2D eigenvalue weighted by atomic mass is 10.2. The summed E-state index contributed by atoms with van der Waals surface area (Å²) in [7, 11) is -4.02. The number of aromatic nitrogens is 1. The van der Waals surface area contributed by atoms with Crippen LogP contribution >= 0.6 is 11.6 Å². The van der Waals surface area contributed by atoms with Crippen LogP contribution in [-0.4, -0.2) is 24.5 Å². The summed E-state index contributed by atoms with van der Waals surface area (Å²) in [5.41, 5.74) is 0.709. The van der Waals surface area contributed by atoms with Crippen molar-refractivity contribution in [2.24, 2.45) is 0 Å². The monoisotopic (exact) mass is 326 g/mol. The van der Waals surface area contributed by atoms with Gasteiger partial charge in [-0.1, -0.05) is 17.7 Å². The van der Waals surface area contributed by atoms with Gasteiger partial charge in [0.25, 0.3) is 10.0 Å². The Morgan fingerprint density at radius 3 is 2.57 bits per heavy atom. The van der Waals surface area contributed by atoms with Crippen molar-refractivity contribution >= 4 is 33.4 Å². The number of carboxylic acids is 1. The van der Waals surface area contributed by atoms with Crippen LogP contribution in [0, 0.1) is 6.92 Å². The molecule has 0 unspecified atom stereocenters. The lowest BCUT2D eigenvalue weighted by Gasteiger charge is -2.09. The molecule has 0 spiro atoms. The summed E-state index contributed by atoms with van der Waals surface area (Å²) in [5, 5.41) is 8.85. The van der Waals surface area contributed by atoms with Gasteiger partial charge in [0.1, 0.15) is 10.7 Å². The van der Waals surface area contributed by atoms with E-state index in [1.165, 1.54) is 24.4 Å². The van der Waals surface area contributed by atoms with E-state index in [4.69, 9.17) is 16.7 Å². The normalized spacial score (nSPS) is 11.1. The third-order valence-corrected chi connectivity index (χ3v) is 4.45. The second-order valence-corrected chi connectivity index (χ2v) is 6.33. The molecule has 2 aromatic rings. The maximum absolute atomic E-state index is 12.3. The van der Waals surface area contributed by atoms with Crippen molar-refractivity contribution in [2.45, 2.75) is 11.8 Å². The Bertz CT molecular complexity index is 788. The predicted octanol–water partition coefficient (Wildman–Crippen LogP) is 2.54. The van der Waals surface area contributed by atoms with E-state index < -0.39 is 16.0 Å². The highest BCUT2D eigenvalue weighted by Gasteiger charge is 2.20. The number of sulfonamides is 1. The van der Waals surface area contributed by atoms with E-state index in [0.717, 1.165) is 11.6 Å². The number of nitrogens with one attached hydrogen (secondary N) is 1. The summed E-state index contributed by atoms with van der Waals surface area (Å²) in [6, 6.07) is 6.65.